The topological polar surface area (TPSA) is 65.5 Å². The predicted molar refractivity (Wildman–Crippen MR) is 122 cm³/mol. The summed E-state index contributed by atoms with van der Waals surface area (Å²) in [4.78, 5) is 15.0. The van der Waals surface area contributed by atoms with Crippen molar-refractivity contribution in [3.8, 4) is 0 Å². The number of aromatic nitrogens is 2. The lowest BCUT2D eigenvalue weighted by molar-refractivity contribution is 0.0625. The summed E-state index contributed by atoms with van der Waals surface area (Å²) in [5.74, 6) is 2.76. The van der Waals surface area contributed by atoms with Crippen LogP contribution in [0.3, 0.4) is 0 Å². The van der Waals surface area contributed by atoms with Crippen molar-refractivity contribution in [2.75, 3.05) is 39.9 Å². The molecule has 1 aromatic carbocycles. The number of hydrogen-bond acceptors (Lipinski definition) is 3. The van der Waals surface area contributed by atoms with Gasteiger partial charge in [-0.2, -0.15) is 0 Å². The molecule has 6 nitrogen and oxygen atoms in total. The molecule has 2 aromatic rings. The van der Waals surface area contributed by atoms with Gasteiger partial charge in [-0.25, -0.2) is 4.98 Å². The molecule has 27 heavy (non-hydrogen) atoms. The van der Waals surface area contributed by atoms with E-state index >= 15 is 0 Å². The molecule has 0 saturated carbocycles. The average molecular weight is 485 g/mol. The summed E-state index contributed by atoms with van der Waals surface area (Å²) >= 11 is 0. The van der Waals surface area contributed by atoms with Crippen molar-refractivity contribution >= 4 is 41.0 Å². The largest absolute Gasteiger partial charge is 0.381 e. The second-order valence-electron chi connectivity index (χ2n) is 6.95. The maximum Gasteiger partial charge on any atom is 0.193 e. The maximum atomic E-state index is 5.45. The monoisotopic (exact) mass is 485 g/mol. The van der Waals surface area contributed by atoms with Crippen molar-refractivity contribution in [2.45, 2.75) is 32.6 Å². The Hall–Kier alpha value is -1.35. The second-order valence-corrected chi connectivity index (χ2v) is 6.95. The fourth-order valence-corrected chi connectivity index (χ4v) is 3.38. The summed E-state index contributed by atoms with van der Waals surface area (Å²) in [7, 11) is 2.13. The quantitative estimate of drug-likeness (QED) is 0.358. The lowest BCUT2D eigenvalue weighted by Crippen LogP contribution is -2.40. The summed E-state index contributed by atoms with van der Waals surface area (Å²) in [5.41, 5.74) is 2.11. The van der Waals surface area contributed by atoms with Gasteiger partial charge in [-0.3, -0.25) is 4.99 Å². The average Bonchev–Trinajstić information content (AvgIpc) is 3.09. The van der Waals surface area contributed by atoms with Crippen molar-refractivity contribution in [2.24, 2.45) is 10.9 Å². The number of para-hydroxylation sites is 2. The molecule has 0 bridgehead atoms. The molecule has 1 aliphatic heterocycles. The number of guanidine groups is 1. The smallest absolute Gasteiger partial charge is 0.193 e. The van der Waals surface area contributed by atoms with Gasteiger partial charge < -0.3 is 19.9 Å². The van der Waals surface area contributed by atoms with E-state index in [1.54, 1.807) is 0 Å². The summed E-state index contributed by atoms with van der Waals surface area (Å²) < 4.78 is 5.45. The van der Waals surface area contributed by atoms with Crippen LogP contribution in [0, 0.1) is 5.92 Å². The van der Waals surface area contributed by atoms with Gasteiger partial charge in [0.25, 0.3) is 0 Å². The van der Waals surface area contributed by atoms with E-state index in [4.69, 9.17) is 9.73 Å². The normalized spacial score (nSPS) is 15.6. The first kappa shape index (κ1) is 21.9. The Kier molecular flexibility index (Phi) is 9.33. The zero-order valence-corrected chi connectivity index (χ0v) is 18.7. The van der Waals surface area contributed by atoms with Crippen LogP contribution in [0.15, 0.2) is 29.3 Å². The second kappa shape index (κ2) is 11.5. The van der Waals surface area contributed by atoms with Crippen LogP contribution in [0.25, 0.3) is 11.0 Å². The van der Waals surface area contributed by atoms with Gasteiger partial charge in [0, 0.05) is 46.3 Å². The Bertz CT molecular complexity index is 678. The van der Waals surface area contributed by atoms with Gasteiger partial charge in [0.15, 0.2) is 5.96 Å². The third-order valence-corrected chi connectivity index (χ3v) is 4.96. The van der Waals surface area contributed by atoms with E-state index in [2.05, 4.69) is 40.2 Å². The number of hydrogen-bond donors (Lipinski definition) is 2. The van der Waals surface area contributed by atoms with Crippen LogP contribution in [0.5, 0.6) is 0 Å². The number of aromatic amines is 1. The first-order valence-electron chi connectivity index (χ1n) is 9.77. The highest BCUT2D eigenvalue weighted by Gasteiger charge is 2.15. The minimum absolute atomic E-state index is 0. The summed E-state index contributed by atoms with van der Waals surface area (Å²) in [6.45, 7) is 6.58. The van der Waals surface area contributed by atoms with E-state index in [9.17, 15) is 0 Å². The lowest BCUT2D eigenvalue weighted by atomic mass is 9.96. The van der Waals surface area contributed by atoms with Gasteiger partial charge in [0.2, 0.25) is 0 Å². The molecule has 1 fully saturated rings. The van der Waals surface area contributed by atoms with Crippen LogP contribution < -0.4 is 5.32 Å². The zero-order chi connectivity index (χ0) is 18.2. The van der Waals surface area contributed by atoms with E-state index < -0.39 is 0 Å². The molecule has 0 spiro atoms. The summed E-state index contributed by atoms with van der Waals surface area (Å²) in [5, 5.41) is 3.40. The summed E-state index contributed by atoms with van der Waals surface area (Å²) in [6.07, 6.45) is 4.40. The lowest BCUT2D eigenvalue weighted by Gasteiger charge is -2.26. The van der Waals surface area contributed by atoms with E-state index in [0.29, 0.717) is 0 Å². The third-order valence-electron chi connectivity index (χ3n) is 4.96. The van der Waals surface area contributed by atoms with Crippen LogP contribution in [-0.4, -0.2) is 60.7 Å². The Morgan fingerprint density at radius 1 is 1.33 bits per heavy atom. The molecule has 1 saturated heterocycles. The molecule has 1 aliphatic rings. The summed E-state index contributed by atoms with van der Waals surface area (Å²) in [6, 6.07) is 8.14. The highest BCUT2D eigenvalue weighted by atomic mass is 127. The fraction of sp³-hybridized carbons (Fsp3) is 0.600. The molecule has 0 radical (unpaired) electrons. The van der Waals surface area contributed by atoms with E-state index in [1.807, 2.05) is 18.2 Å². The number of fused-ring (bicyclic) bond motifs is 1. The molecule has 1 aromatic heterocycles. The molecule has 150 valence electrons. The number of imidazole rings is 1. The zero-order valence-electron chi connectivity index (χ0n) is 16.4. The minimum atomic E-state index is 0. The minimum Gasteiger partial charge on any atom is -0.381 e. The number of nitrogens with zero attached hydrogens (tertiary/aromatic N) is 3. The first-order valence-corrected chi connectivity index (χ1v) is 9.77. The highest BCUT2D eigenvalue weighted by molar-refractivity contribution is 14.0. The van der Waals surface area contributed by atoms with Gasteiger partial charge in [-0.15, -0.1) is 24.0 Å². The van der Waals surface area contributed by atoms with Crippen LogP contribution >= 0.6 is 24.0 Å². The first-order chi connectivity index (χ1) is 12.8. The van der Waals surface area contributed by atoms with E-state index in [0.717, 1.165) is 68.0 Å². The van der Waals surface area contributed by atoms with E-state index in [-0.39, 0.29) is 24.0 Å². The highest BCUT2D eigenvalue weighted by Crippen LogP contribution is 2.18. The molecule has 7 heteroatoms. The molecule has 0 atom stereocenters. The Morgan fingerprint density at radius 3 is 2.85 bits per heavy atom. The fourth-order valence-electron chi connectivity index (χ4n) is 3.38. The number of H-pyrrole nitrogens is 1. The molecule has 2 heterocycles. The Labute approximate surface area is 179 Å². The van der Waals surface area contributed by atoms with Crippen molar-refractivity contribution < 1.29 is 4.74 Å². The Morgan fingerprint density at radius 2 is 2.11 bits per heavy atom. The van der Waals surface area contributed by atoms with Crippen molar-refractivity contribution in [1.82, 2.24) is 20.2 Å². The van der Waals surface area contributed by atoms with Crippen LogP contribution in [0.2, 0.25) is 0 Å². The van der Waals surface area contributed by atoms with E-state index in [1.165, 1.54) is 19.3 Å². The van der Waals surface area contributed by atoms with Crippen molar-refractivity contribution in [3.63, 3.8) is 0 Å². The SMILES string of the molecule is CCNC(=NCCc1nc2ccccc2[nH]1)N(C)CCC1CCOCC1.I. The number of rotatable bonds is 7. The van der Waals surface area contributed by atoms with Gasteiger partial charge in [0.1, 0.15) is 5.82 Å². The van der Waals surface area contributed by atoms with Crippen LogP contribution in [-0.2, 0) is 11.2 Å². The predicted octanol–water partition coefficient (Wildman–Crippen LogP) is 3.44. The number of benzene rings is 1. The van der Waals surface area contributed by atoms with Gasteiger partial charge >= 0.3 is 0 Å². The van der Waals surface area contributed by atoms with Crippen molar-refractivity contribution in [1.29, 1.82) is 0 Å². The Balaban J connectivity index is 0.00000261. The maximum absolute atomic E-state index is 5.45. The van der Waals surface area contributed by atoms with Crippen molar-refractivity contribution in [3.05, 3.63) is 30.1 Å². The molecule has 3 rings (SSSR count). The van der Waals surface area contributed by atoms with Gasteiger partial charge in [-0.05, 0) is 44.2 Å². The number of aliphatic imine (C=N–C) groups is 1. The molecule has 0 unspecified atom stereocenters. The molecule has 0 aliphatic carbocycles. The molecule has 0 amide bonds. The molecular formula is C20H32IN5O. The molecular weight excluding hydrogens is 453 g/mol. The number of ether oxygens (including phenoxy) is 1. The standard InChI is InChI=1S/C20H31N5O.HI/c1-3-21-20(25(2)13-9-16-10-14-26-15-11-16)22-12-8-19-23-17-6-4-5-7-18(17)24-19;/h4-7,16H,3,8-15H2,1-2H3,(H,21,22)(H,23,24);1H. The van der Waals surface area contributed by atoms with Gasteiger partial charge in [0.05, 0.1) is 11.0 Å². The van der Waals surface area contributed by atoms with Gasteiger partial charge in [-0.1, -0.05) is 12.1 Å². The number of nitrogens with one attached hydrogen (secondary N) is 2. The van der Waals surface area contributed by atoms with Crippen LogP contribution in [0.1, 0.15) is 32.0 Å². The van der Waals surface area contributed by atoms with Crippen LogP contribution in [0.4, 0.5) is 0 Å². The molecule has 2 N–H and O–H groups in total. The number of halogens is 1. The third kappa shape index (κ3) is 6.64.